The highest BCUT2D eigenvalue weighted by molar-refractivity contribution is 5.85. The van der Waals surface area contributed by atoms with Gasteiger partial charge >= 0.3 is 0 Å². The second-order valence-electron chi connectivity index (χ2n) is 6.36. The van der Waals surface area contributed by atoms with Gasteiger partial charge in [-0.05, 0) is 36.8 Å². The van der Waals surface area contributed by atoms with Crippen LogP contribution in [0.5, 0.6) is 0 Å². The molecule has 0 aromatic heterocycles. The number of rotatable bonds is 5. The van der Waals surface area contributed by atoms with Crippen LogP contribution < -0.4 is 11.1 Å². The van der Waals surface area contributed by atoms with Crippen LogP contribution in [0.3, 0.4) is 0 Å². The number of halogens is 3. The van der Waals surface area contributed by atoms with Gasteiger partial charge < -0.3 is 11.1 Å². The fourth-order valence-corrected chi connectivity index (χ4v) is 2.44. The van der Waals surface area contributed by atoms with Crippen LogP contribution in [0.25, 0.3) is 0 Å². The quantitative estimate of drug-likeness (QED) is 0.871. The molecule has 22 heavy (non-hydrogen) atoms. The Labute approximate surface area is 136 Å². The van der Waals surface area contributed by atoms with Crippen LogP contribution in [0.15, 0.2) is 18.2 Å². The van der Waals surface area contributed by atoms with Crippen LogP contribution in [0.4, 0.5) is 8.78 Å². The lowest BCUT2D eigenvalue weighted by molar-refractivity contribution is -0.124. The van der Waals surface area contributed by atoms with E-state index in [-0.39, 0.29) is 41.6 Å². The molecule has 1 fully saturated rings. The molecule has 0 bridgehead atoms. The van der Waals surface area contributed by atoms with Gasteiger partial charge in [-0.3, -0.25) is 4.79 Å². The first-order valence-corrected chi connectivity index (χ1v) is 7.26. The van der Waals surface area contributed by atoms with Crippen LogP contribution in [-0.2, 0) is 4.79 Å². The van der Waals surface area contributed by atoms with Crippen molar-refractivity contribution in [3.05, 3.63) is 35.4 Å². The van der Waals surface area contributed by atoms with Crippen molar-refractivity contribution in [3.8, 4) is 0 Å². The molecule has 3 N–H and O–H groups in total. The summed E-state index contributed by atoms with van der Waals surface area (Å²) in [6, 6.07) is 4.10. The van der Waals surface area contributed by atoms with Crippen molar-refractivity contribution in [2.45, 2.75) is 38.6 Å². The molecule has 1 amide bonds. The number of hydrogen-bond acceptors (Lipinski definition) is 2. The van der Waals surface area contributed by atoms with Gasteiger partial charge in [-0.25, -0.2) is 8.78 Å². The van der Waals surface area contributed by atoms with Gasteiger partial charge in [0, 0.05) is 12.5 Å². The summed E-state index contributed by atoms with van der Waals surface area (Å²) in [5, 5.41) is 2.96. The van der Waals surface area contributed by atoms with E-state index in [0.717, 1.165) is 6.07 Å². The van der Waals surface area contributed by atoms with E-state index in [2.05, 4.69) is 5.32 Å². The fraction of sp³-hybridized carbons (Fsp3) is 0.562. The molecular formula is C16H23ClF2N2O. The largest absolute Gasteiger partial charge is 0.349 e. The Morgan fingerprint density at radius 2 is 2.09 bits per heavy atom. The van der Waals surface area contributed by atoms with E-state index in [9.17, 15) is 13.6 Å². The zero-order valence-electron chi connectivity index (χ0n) is 13.0. The molecule has 3 nitrogen and oxygen atoms in total. The van der Waals surface area contributed by atoms with E-state index >= 15 is 0 Å². The molecule has 1 aliphatic carbocycles. The third-order valence-corrected chi connectivity index (χ3v) is 4.62. The van der Waals surface area contributed by atoms with E-state index in [4.69, 9.17) is 5.73 Å². The molecule has 0 saturated heterocycles. The molecule has 2 rings (SSSR count). The van der Waals surface area contributed by atoms with Crippen molar-refractivity contribution < 1.29 is 13.6 Å². The minimum atomic E-state index is -0.868. The van der Waals surface area contributed by atoms with Gasteiger partial charge in [0.25, 0.3) is 0 Å². The summed E-state index contributed by atoms with van der Waals surface area (Å²) in [4.78, 5) is 12.3. The van der Waals surface area contributed by atoms with Crippen LogP contribution in [0, 0.1) is 23.5 Å². The van der Waals surface area contributed by atoms with E-state index < -0.39 is 17.2 Å². The predicted octanol–water partition coefficient (Wildman–Crippen LogP) is 2.98. The summed E-state index contributed by atoms with van der Waals surface area (Å²) < 4.78 is 27.0. The van der Waals surface area contributed by atoms with Gasteiger partial charge in [-0.15, -0.1) is 12.4 Å². The zero-order valence-corrected chi connectivity index (χ0v) is 13.8. The van der Waals surface area contributed by atoms with Gasteiger partial charge in [0.15, 0.2) is 11.6 Å². The molecule has 3 unspecified atom stereocenters. The van der Waals surface area contributed by atoms with E-state index in [1.54, 1.807) is 6.07 Å². The van der Waals surface area contributed by atoms with Crippen molar-refractivity contribution in [2.75, 3.05) is 6.54 Å². The van der Waals surface area contributed by atoms with Crippen molar-refractivity contribution in [2.24, 2.45) is 17.6 Å². The van der Waals surface area contributed by atoms with Crippen LogP contribution in [-0.4, -0.2) is 18.0 Å². The first kappa shape index (κ1) is 18.8. The average Bonchev–Trinajstić information content (AvgIpc) is 3.21. The lowest BCUT2D eigenvalue weighted by Crippen LogP contribution is -2.55. The second kappa shape index (κ2) is 6.92. The Kier molecular flexibility index (Phi) is 5.93. The highest BCUT2D eigenvalue weighted by Gasteiger charge is 2.47. The van der Waals surface area contributed by atoms with E-state index in [0.29, 0.717) is 13.0 Å². The summed E-state index contributed by atoms with van der Waals surface area (Å²) in [6.07, 6.45) is 0.547. The maximum atomic E-state index is 13.7. The summed E-state index contributed by atoms with van der Waals surface area (Å²) in [6.45, 7) is 6.21. The summed E-state index contributed by atoms with van der Waals surface area (Å²) in [7, 11) is 0. The lowest BCUT2D eigenvalue weighted by Gasteiger charge is -2.33. The van der Waals surface area contributed by atoms with Crippen LogP contribution in [0.1, 0.15) is 38.7 Å². The van der Waals surface area contributed by atoms with Crippen molar-refractivity contribution in [1.29, 1.82) is 0 Å². The number of amides is 1. The van der Waals surface area contributed by atoms with Gasteiger partial charge in [0.2, 0.25) is 5.91 Å². The molecule has 0 aliphatic heterocycles. The van der Waals surface area contributed by atoms with Crippen molar-refractivity contribution in [3.63, 3.8) is 0 Å². The highest BCUT2D eigenvalue weighted by atomic mass is 35.5. The smallest absolute Gasteiger partial charge is 0.224 e. The summed E-state index contributed by atoms with van der Waals surface area (Å²) in [5.74, 6) is -2.20. The third kappa shape index (κ3) is 3.58. The number of nitrogens with two attached hydrogens (primary N) is 1. The second-order valence-corrected chi connectivity index (χ2v) is 6.36. The highest BCUT2D eigenvalue weighted by Crippen LogP contribution is 2.48. The fourth-order valence-electron chi connectivity index (χ4n) is 2.44. The average molecular weight is 333 g/mol. The van der Waals surface area contributed by atoms with Gasteiger partial charge in [0.1, 0.15) is 0 Å². The Hall–Kier alpha value is -1.20. The Balaban J connectivity index is 0.00000242. The minimum Gasteiger partial charge on any atom is -0.349 e. The molecule has 1 saturated carbocycles. The predicted molar refractivity (Wildman–Crippen MR) is 84.9 cm³/mol. The molecule has 0 heterocycles. The molecule has 1 aliphatic rings. The standard InChI is InChI=1S/C16H22F2N2O.ClH/c1-9(2)16(3,8-19)20-15(21)12-7-11(12)10-5-4-6-13(17)14(10)18;/h4-6,9,11-12H,7-8,19H2,1-3H3,(H,20,21);1H. The Morgan fingerprint density at radius 1 is 1.45 bits per heavy atom. The normalized spacial score (nSPS) is 22.7. The molecule has 0 spiro atoms. The topological polar surface area (TPSA) is 55.1 Å². The molecule has 1 aromatic rings. The monoisotopic (exact) mass is 332 g/mol. The van der Waals surface area contributed by atoms with E-state index in [1.807, 2.05) is 20.8 Å². The molecule has 0 radical (unpaired) electrons. The lowest BCUT2D eigenvalue weighted by atomic mass is 9.88. The van der Waals surface area contributed by atoms with Crippen molar-refractivity contribution in [1.82, 2.24) is 5.32 Å². The van der Waals surface area contributed by atoms with Crippen LogP contribution >= 0.6 is 12.4 Å². The Bertz CT molecular complexity index is 553. The summed E-state index contributed by atoms with van der Waals surface area (Å²) >= 11 is 0. The molecule has 124 valence electrons. The maximum Gasteiger partial charge on any atom is 0.224 e. The first-order chi connectivity index (χ1) is 9.80. The molecule has 3 atom stereocenters. The summed E-state index contributed by atoms with van der Waals surface area (Å²) in [5.41, 5.74) is 5.55. The Morgan fingerprint density at radius 3 is 2.64 bits per heavy atom. The SMILES string of the molecule is CC(C)C(C)(CN)NC(=O)C1CC1c1cccc(F)c1F.Cl. The zero-order chi connectivity index (χ0) is 15.8. The minimum absolute atomic E-state index is 0. The van der Waals surface area contributed by atoms with Crippen molar-refractivity contribution >= 4 is 18.3 Å². The van der Waals surface area contributed by atoms with Gasteiger partial charge in [0.05, 0.1) is 5.54 Å². The van der Waals surface area contributed by atoms with Crippen LogP contribution in [0.2, 0.25) is 0 Å². The number of carbonyl (C=O) groups excluding carboxylic acids is 1. The number of carbonyl (C=O) groups is 1. The van der Waals surface area contributed by atoms with Gasteiger partial charge in [-0.1, -0.05) is 26.0 Å². The number of benzene rings is 1. The van der Waals surface area contributed by atoms with E-state index in [1.165, 1.54) is 6.07 Å². The molecule has 1 aromatic carbocycles. The van der Waals surface area contributed by atoms with Gasteiger partial charge in [-0.2, -0.15) is 0 Å². The maximum absolute atomic E-state index is 13.7. The number of hydrogen-bond donors (Lipinski definition) is 2. The first-order valence-electron chi connectivity index (χ1n) is 7.26. The molecular weight excluding hydrogens is 310 g/mol. The molecule has 6 heteroatoms. The third-order valence-electron chi connectivity index (χ3n) is 4.62. The number of nitrogens with one attached hydrogen (secondary N) is 1.